The zero-order valence-corrected chi connectivity index (χ0v) is 9.54. The molecule has 0 atom stereocenters. The lowest BCUT2D eigenvalue weighted by Crippen LogP contribution is -2.19. The molecule has 0 spiro atoms. The van der Waals surface area contributed by atoms with Crippen molar-refractivity contribution in [2.24, 2.45) is 0 Å². The number of aliphatic hydroxyl groups excluding tert-OH is 1. The first-order chi connectivity index (χ1) is 7.84. The van der Waals surface area contributed by atoms with Crippen molar-refractivity contribution in [3.8, 4) is 5.75 Å². The molecule has 1 rings (SSSR count). The highest BCUT2D eigenvalue weighted by Gasteiger charge is 2.34. The molecule has 1 N–H and O–H groups in total. The van der Waals surface area contributed by atoms with Gasteiger partial charge in [0.05, 0.1) is 7.11 Å². The molecule has 0 saturated carbocycles. The number of hydrogen-bond donors (Lipinski definition) is 1. The van der Waals surface area contributed by atoms with Gasteiger partial charge in [0.2, 0.25) is 5.78 Å². The summed E-state index contributed by atoms with van der Waals surface area (Å²) in [5, 5.41) is 5.45. The van der Waals surface area contributed by atoms with E-state index in [1.807, 2.05) is 0 Å². The molecule has 17 heavy (non-hydrogen) atoms. The first kappa shape index (κ1) is 13.4. The number of alkyl halides is 3. The first-order valence-corrected chi connectivity index (χ1v) is 4.88. The van der Waals surface area contributed by atoms with Gasteiger partial charge >= 0.3 is 5.38 Å². The number of ketones is 1. The average Bonchev–Trinajstić information content (AvgIpc) is 2.27. The minimum absolute atomic E-state index is 0.179. The minimum atomic E-state index is -4.02. The molecule has 6 heteroatoms. The molecule has 0 aliphatic rings. The normalized spacial score (nSPS) is 12.4. The van der Waals surface area contributed by atoms with Gasteiger partial charge in [-0.2, -0.15) is 8.78 Å². The van der Waals surface area contributed by atoms with E-state index in [0.717, 1.165) is 0 Å². The number of rotatable bonds is 4. The summed E-state index contributed by atoms with van der Waals surface area (Å²) >= 11 is 4.51. The van der Waals surface area contributed by atoms with Crippen LogP contribution in [0.5, 0.6) is 5.75 Å². The Kier molecular flexibility index (Phi) is 4.07. The summed E-state index contributed by atoms with van der Waals surface area (Å²) in [7, 11) is 1.41. The number of halogens is 3. The quantitative estimate of drug-likeness (QED) is 0.515. The van der Waals surface area contributed by atoms with E-state index in [1.165, 1.54) is 19.2 Å². The van der Waals surface area contributed by atoms with Gasteiger partial charge in [-0.05, 0) is 23.7 Å². The number of methoxy groups -OCH3 is 1. The Morgan fingerprint density at radius 3 is 2.71 bits per heavy atom. The zero-order chi connectivity index (χ0) is 13.1. The lowest BCUT2D eigenvalue weighted by atomic mass is 10.1. The molecule has 0 fully saturated rings. The molecule has 0 saturated heterocycles. The molecule has 0 heterocycles. The molecule has 0 amide bonds. The van der Waals surface area contributed by atoms with Crippen LogP contribution in [0.3, 0.4) is 0 Å². The van der Waals surface area contributed by atoms with Gasteiger partial charge in [-0.3, -0.25) is 4.79 Å². The number of benzene rings is 1. The van der Waals surface area contributed by atoms with E-state index in [0.29, 0.717) is 11.8 Å². The fourth-order valence-electron chi connectivity index (χ4n) is 1.07. The van der Waals surface area contributed by atoms with E-state index in [-0.39, 0.29) is 5.56 Å². The second kappa shape index (κ2) is 5.14. The van der Waals surface area contributed by atoms with Crippen molar-refractivity contribution in [2.75, 3.05) is 7.11 Å². The minimum Gasteiger partial charge on any atom is -0.507 e. The van der Waals surface area contributed by atoms with Crippen molar-refractivity contribution in [2.45, 2.75) is 5.38 Å². The van der Waals surface area contributed by atoms with Crippen molar-refractivity contribution in [3.63, 3.8) is 0 Å². The Bertz CT molecular complexity index is 452. The standard InChI is InChI=1S/C11H9ClF2O3/c1-17-8-4-2-3-7(5-8)9(15)6-10(16)11(12,13)14/h2-6,15H,1H3/b9-6-. The van der Waals surface area contributed by atoms with Crippen molar-refractivity contribution < 1.29 is 23.4 Å². The monoisotopic (exact) mass is 262 g/mol. The summed E-state index contributed by atoms with van der Waals surface area (Å²) in [4.78, 5) is 10.9. The van der Waals surface area contributed by atoms with Crippen LogP contribution in [0.25, 0.3) is 5.76 Å². The molecular formula is C11H9ClF2O3. The van der Waals surface area contributed by atoms with Crippen LogP contribution in [0.2, 0.25) is 0 Å². The van der Waals surface area contributed by atoms with Gasteiger partial charge in [-0.15, -0.1) is 0 Å². The maximum Gasteiger partial charge on any atom is 0.384 e. The van der Waals surface area contributed by atoms with Crippen LogP contribution >= 0.6 is 11.6 Å². The smallest absolute Gasteiger partial charge is 0.384 e. The molecule has 3 nitrogen and oxygen atoms in total. The summed E-state index contributed by atoms with van der Waals surface area (Å²) < 4.78 is 29.6. The van der Waals surface area contributed by atoms with Crippen molar-refractivity contribution in [1.82, 2.24) is 0 Å². The molecule has 0 aliphatic carbocycles. The van der Waals surface area contributed by atoms with Crippen LogP contribution in [0.4, 0.5) is 8.78 Å². The van der Waals surface area contributed by atoms with Gasteiger partial charge in [-0.25, -0.2) is 0 Å². The van der Waals surface area contributed by atoms with E-state index < -0.39 is 16.9 Å². The third-order valence-corrected chi connectivity index (χ3v) is 2.10. The average molecular weight is 263 g/mol. The van der Waals surface area contributed by atoms with Gasteiger partial charge in [0.1, 0.15) is 11.5 Å². The first-order valence-electron chi connectivity index (χ1n) is 4.51. The topological polar surface area (TPSA) is 46.5 Å². The summed E-state index contributed by atoms with van der Waals surface area (Å²) in [6.45, 7) is 0. The molecule has 0 radical (unpaired) electrons. The Morgan fingerprint density at radius 2 is 2.18 bits per heavy atom. The summed E-state index contributed by atoms with van der Waals surface area (Å²) in [6.07, 6.45) is 0.377. The van der Waals surface area contributed by atoms with E-state index >= 15 is 0 Å². The van der Waals surface area contributed by atoms with Crippen LogP contribution in [0.15, 0.2) is 30.3 Å². The molecule has 1 aromatic rings. The van der Waals surface area contributed by atoms with Crippen LogP contribution in [0.1, 0.15) is 5.56 Å². The number of carbonyl (C=O) groups is 1. The number of allylic oxidation sites excluding steroid dienone is 1. The van der Waals surface area contributed by atoms with E-state index in [1.54, 1.807) is 12.1 Å². The molecule has 1 aromatic carbocycles. The maximum absolute atomic E-state index is 12.4. The van der Waals surface area contributed by atoms with Gasteiger partial charge in [0.25, 0.3) is 0 Å². The van der Waals surface area contributed by atoms with Crippen LogP contribution in [-0.4, -0.2) is 23.4 Å². The number of ether oxygens (including phenoxy) is 1. The van der Waals surface area contributed by atoms with Gasteiger partial charge in [-0.1, -0.05) is 12.1 Å². The largest absolute Gasteiger partial charge is 0.507 e. The highest BCUT2D eigenvalue weighted by Crippen LogP contribution is 2.23. The molecule has 0 aromatic heterocycles. The van der Waals surface area contributed by atoms with Crippen molar-refractivity contribution >= 4 is 23.1 Å². The number of hydrogen-bond acceptors (Lipinski definition) is 3. The summed E-state index contributed by atoms with van der Waals surface area (Å²) in [5.74, 6) is -1.86. The Balaban J connectivity index is 3.00. The van der Waals surface area contributed by atoms with Crippen LogP contribution in [-0.2, 0) is 4.79 Å². The second-order valence-corrected chi connectivity index (χ2v) is 3.60. The Hall–Kier alpha value is -1.62. The predicted molar refractivity (Wildman–Crippen MR) is 59.4 cm³/mol. The fourth-order valence-corrected chi connectivity index (χ4v) is 1.13. The molecular weight excluding hydrogens is 254 g/mol. The lowest BCUT2D eigenvalue weighted by molar-refractivity contribution is -0.128. The van der Waals surface area contributed by atoms with Crippen LogP contribution in [0, 0.1) is 0 Å². The number of carbonyl (C=O) groups excluding carboxylic acids is 1. The van der Waals surface area contributed by atoms with Crippen LogP contribution < -0.4 is 4.74 Å². The Morgan fingerprint density at radius 1 is 1.53 bits per heavy atom. The highest BCUT2D eigenvalue weighted by molar-refractivity contribution is 6.34. The second-order valence-electron chi connectivity index (χ2n) is 3.12. The predicted octanol–water partition coefficient (Wildman–Crippen LogP) is 2.99. The van der Waals surface area contributed by atoms with Gasteiger partial charge < -0.3 is 9.84 Å². The fraction of sp³-hybridized carbons (Fsp3) is 0.182. The zero-order valence-electron chi connectivity index (χ0n) is 8.78. The van der Waals surface area contributed by atoms with Crippen molar-refractivity contribution in [1.29, 1.82) is 0 Å². The Labute approximate surface area is 101 Å². The maximum atomic E-state index is 12.4. The van der Waals surface area contributed by atoms with Crippen molar-refractivity contribution in [3.05, 3.63) is 35.9 Å². The van der Waals surface area contributed by atoms with E-state index in [9.17, 15) is 18.7 Å². The van der Waals surface area contributed by atoms with E-state index in [2.05, 4.69) is 11.6 Å². The highest BCUT2D eigenvalue weighted by atomic mass is 35.5. The molecule has 0 bridgehead atoms. The number of aliphatic hydroxyl groups is 1. The lowest BCUT2D eigenvalue weighted by Gasteiger charge is -2.05. The molecule has 92 valence electrons. The van der Waals surface area contributed by atoms with E-state index in [4.69, 9.17) is 4.74 Å². The third kappa shape index (κ3) is 3.71. The molecule has 0 aliphatic heterocycles. The summed E-state index contributed by atoms with van der Waals surface area (Å²) in [6, 6.07) is 5.98. The SMILES string of the molecule is COc1cccc(/C(O)=C/C(=O)C(F)(F)Cl)c1. The van der Waals surface area contributed by atoms with Gasteiger partial charge in [0, 0.05) is 11.6 Å². The molecule has 0 unspecified atom stereocenters. The third-order valence-electron chi connectivity index (χ3n) is 1.91. The van der Waals surface area contributed by atoms with Gasteiger partial charge in [0.15, 0.2) is 0 Å². The summed E-state index contributed by atoms with van der Waals surface area (Å²) in [5.41, 5.74) is 0.179.